The number of hydrogen-bond donors (Lipinski definition) is 1. The molecule has 0 spiro atoms. The molecule has 0 aliphatic heterocycles. The van der Waals surface area contributed by atoms with Crippen LogP contribution in [0.3, 0.4) is 0 Å². The topological polar surface area (TPSA) is 34.1 Å². The third-order valence-corrected chi connectivity index (χ3v) is 4.42. The smallest absolute Gasteiger partial charge is 0.194 e. The summed E-state index contributed by atoms with van der Waals surface area (Å²) in [5, 5.41) is 0. The standard InChI is InChI=1S/C20H12O2S/c21-19-15-3-1-2-4-16(15)20(22)18-11-13(7-10-17(18)19)12-5-8-14(23)9-6-12/h1-11,23H. The van der Waals surface area contributed by atoms with Gasteiger partial charge in [0.2, 0.25) is 0 Å². The molecule has 0 aromatic heterocycles. The van der Waals surface area contributed by atoms with E-state index in [-0.39, 0.29) is 11.6 Å². The van der Waals surface area contributed by atoms with Crippen LogP contribution in [-0.4, -0.2) is 11.6 Å². The van der Waals surface area contributed by atoms with Crippen molar-refractivity contribution in [2.75, 3.05) is 0 Å². The summed E-state index contributed by atoms with van der Waals surface area (Å²) in [5.41, 5.74) is 3.82. The van der Waals surface area contributed by atoms with E-state index in [0.717, 1.165) is 16.0 Å². The van der Waals surface area contributed by atoms with E-state index in [1.54, 1.807) is 36.4 Å². The van der Waals surface area contributed by atoms with Gasteiger partial charge >= 0.3 is 0 Å². The molecule has 1 aliphatic rings. The van der Waals surface area contributed by atoms with Gasteiger partial charge in [0, 0.05) is 27.1 Å². The maximum absolute atomic E-state index is 12.7. The number of fused-ring (bicyclic) bond motifs is 2. The zero-order valence-corrected chi connectivity index (χ0v) is 13.0. The van der Waals surface area contributed by atoms with Gasteiger partial charge in [0.25, 0.3) is 0 Å². The van der Waals surface area contributed by atoms with Crippen LogP contribution in [0.15, 0.2) is 71.6 Å². The van der Waals surface area contributed by atoms with Crippen molar-refractivity contribution in [3.8, 4) is 11.1 Å². The number of hydrogen-bond acceptors (Lipinski definition) is 3. The van der Waals surface area contributed by atoms with E-state index < -0.39 is 0 Å². The summed E-state index contributed by atoms with van der Waals surface area (Å²) in [6, 6.07) is 20.1. The predicted octanol–water partition coefficient (Wildman–Crippen LogP) is 4.42. The van der Waals surface area contributed by atoms with Crippen LogP contribution in [-0.2, 0) is 0 Å². The molecule has 0 fully saturated rings. The summed E-state index contributed by atoms with van der Waals surface area (Å²) < 4.78 is 0. The van der Waals surface area contributed by atoms with Gasteiger partial charge in [-0.25, -0.2) is 0 Å². The lowest BCUT2D eigenvalue weighted by molar-refractivity contribution is 0.0979. The molecule has 2 nitrogen and oxygen atoms in total. The summed E-state index contributed by atoms with van der Waals surface area (Å²) >= 11 is 4.28. The molecule has 0 saturated carbocycles. The lowest BCUT2D eigenvalue weighted by atomic mass is 9.83. The van der Waals surface area contributed by atoms with Gasteiger partial charge in [-0.15, -0.1) is 12.6 Å². The monoisotopic (exact) mass is 316 g/mol. The van der Waals surface area contributed by atoms with Crippen LogP contribution in [0, 0.1) is 0 Å². The van der Waals surface area contributed by atoms with Crippen LogP contribution in [0.5, 0.6) is 0 Å². The molecule has 0 N–H and O–H groups in total. The summed E-state index contributed by atoms with van der Waals surface area (Å²) in [6.07, 6.45) is 0. The maximum Gasteiger partial charge on any atom is 0.194 e. The SMILES string of the molecule is O=C1c2ccccc2C(=O)c2cc(-c3ccc(S)cc3)ccc21. The fourth-order valence-electron chi connectivity index (χ4n) is 2.93. The molecule has 3 aromatic rings. The Bertz CT molecular complexity index is 956. The highest BCUT2D eigenvalue weighted by Crippen LogP contribution is 2.31. The second-order valence-electron chi connectivity index (χ2n) is 5.51. The Morgan fingerprint density at radius 3 is 1.74 bits per heavy atom. The largest absolute Gasteiger partial charge is 0.289 e. The molecular formula is C20H12O2S. The van der Waals surface area contributed by atoms with E-state index in [2.05, 4.69) is 12.6 Å². The third-order valence-electron chi connectivity index (χ3n) is 4.13. The van der Waals surface area contributed by atoms with E-state index in [4.69, 9.17) is 0 Å². The number of thiol groups is 1. The van der Waals surface area contributed by atoms with Crippen LogP contribution in [0.25, 0.3) is 11.1 Å². The first-order valence-electron chi connectivity index (χ1n) is 7.27. The minimum absolute atomic E-state index is 0.0903. The Hall–Kier alpha value is -2.65. The number of ketones is 2. The Kier molecular flexibility index (Phi) is 3.17. The number of rotatable bonds is 1. The van der Waals surface area contributed by atoms with E-state index in [0.29, 0.717) is 22.3 Å². The second kappa shape index (κ2) is 5.21. The molecule has 0 amide bonds. The Labute approximate surface area is 139 Å². The second-order valence-corrected chi connectivity index (χ2v) is 6.03. The summed E-state index contributed by atoms with van der Waals surface area (Å²) in [6.45, 7) is 0. The zero-order valence-electron chi connectivity index (χ0n) is 12.1. The number of carbonyl (C=O) groups is 2. The molecule has 3 aromatic carbocycles. The molecule has 0 bridgehead atoms. The minimum Gasteiger partial charge on any atom is -0.289 e. The van der Waals surface area contributed by atoms with Crippen LogP contribution < -0.4 is 0 Å². The predicted molar refractivity (Wildman–Crippen MR) is 92.4 cm³/mol. The van der Waals surface area contributed by atoms with Crippen molar-refractivity contribution >= 4 is 24.2 Å². The first kappa shape index (κ1) is 14.0. The van der Waals surface area contributed by atoms with Crippen molar-refractivity contribution in [3.05, 3.63) is 89.0 Å². The molecule has 0 atom stereocenters. The highest BCUT2D eigenvalue weighted by Gasteiger charge is 2.29. The quantitative estimate of drug-likeness (QED) is 0.528. The third kappa shape index (κ3) is 2.21. The molecule has 0 radical (unpaired) electrons. The van der Waals surface area contributed by atoms with Crippen LogP contribution in [0.2, 0.25) is 0 Å². The average molecular weight is 316 g/mol. The zero-order chi connectivity index (χ0) is 16.0. The molecule has 0 unspecified atom stereocenters. The summed E-state index contributed by atoms with van der Waals surface area (Å²) in [5.74, 6) is -0.185. The lowest BCUT2D eigenvalue weighted by Crippen LogP contribution is -2.20. The molecule has 23 heavy (non-hydrogen) atoms. The average Bonchev–Trinajstić information content (AvgIpc) is 2.60. The minimum atomic E-state index is -0.0946. The van der Waals surface area contributed by atoms with Gasteiger partial charge in [0.15, 0.2) is 11.6 Å². The van der Waals surface area contributed by atoms with Crippen LogP contribution in [0.4, 0.5) is 0 Å². The lowest BCUT2D eigenvalue weighted by Gasteiger charge is -2.18. The normalized spacial score (nSPS) is 12.7. The van der Waals surface area contributed by atoms with Crippen molar-refractivity contribution in [1.82, 2.24) is 0 Å². The maximum atomic E-state index is 12.7. The Morgan fingerprint density at radius 2 is 1.09 bits per heavy atom. The first-order valence-corrected chi connectivity index (χ1v) is 7.72. The van der Waals surface area contributed by atoms with Crippen LogP contribution in [0.1, 0.15) is 31.8 Å². The molecule has 0 saturated heterocycles. The Morgan fingerprint density at radius 1 is 0.565 bits per heavy atom. The fourth-order valence-corrected chi connectivity index (χ4v) is 3.08. The summed E-state index contributed by atoms with van der Waals surface area (Å²) in [4.78, 5) is 26.2. The molecule has 1 aliphatic carbocycles. The van der Waals surface area contributed by atoms with Crippen LogP contribution >= 0.6 is 12.6 Å². The van der Waals surface area contributed by atoms with Gasteiger partial charge < -0.3 is 0 Å². The van der Waals surface area contributed by atoms with E-state index in [9.17, 15) is 9.59 Å². The first-order chi connectivity index (χ1) is 11.1. The van der Waals surface area contributed by atoms with Crippen molar-refractivity contribution in [3.63, 3.8) is 0 Å². The molecule has 0 heterocycles. The van der Waals surface area contributed by atoms with Crippen molar-refractivity contribution in [2.45, 2.75) is 4.90 Å². The Balaban J connectivity index is 1.88. The number of carbonyl (C=O) groups excluding carboxylic acids is 2. The van der Waals surface area contributed by atoms with Gasteiger partial charge in [0.1, 0.15) is 0 Å². The highest BCUT2D eigenvalue weighted by atomic mass is 32.1. The van der Waals surface area contributed by atoms with Gasteiger partial charge in [-0.05, 0) is 35.4 Å². The van der Waals surface area contributed by atoms with E-state index >= 15 is 0 Å². The number of benzene rings is 3. The van der Waals surface area contributed by atoms with Gasteiger partial charge in [-0.2, -0.15) is 0 Å². The molecule has 110 valence electrons. The van der Waals surface area contributed by atoms with Crippen molar-refractivity contribution < 1.29 is 9.59 Å². The van der Waals surface area contributed by atoms with Gasteiger partial charge in [-0.1, -0.05) is 42.5 Å². The molecule has 3 heteroatoms. The van der Waals surface area contributed by atoms with E-state index in [1.807, 2.05) is 30.3 Å². The van der Waals surface area contributed by atoms with Gasteiger partial charge in [-0.3, -0.25) is 9.59 Å². The molecule has 4 rings (SSSR count). The van der Waals surface area contributed by atoms with Crippen molar-refractivity contribution in [2.24, 2.45) is 0 Å². The highest BCUT2D eigenvalue weighted by molar-refractivity contribution is 7.80. The fraction of sp³-hybridized carbons (Fsp3) is 0. The van der Waals surface area contributed by atoms with Gasteiger partial charge in [0.05, 0.1) is 0 Å². The summed E-state index contributed by atoms with van der Waals surface area (Å²) in [7, 11) is 0. The van der Waals surface area contributed by atoms with E-state index in [1.165, 1.54) is 0 Å². The van der Waals surface area contributed by atoms with Crippen molar-refractivity contribution in [1.29, 1.82) is 0 Å². The molecular weight excluding hydrogens is 304 g/mol.